The van der Waals surface area contributed by atoms with Gasteiger partial charge in [-0.1, -0.05) is 15.9 Å². The molecule has 1 aromatic rings. The standard InChI is InChI=1S/C7H9BrS/c1-6-4-7(2-3-8)9-5-6/h4-5H,2-3H2,1H3. The van der Waals surface area contributed by atoms with Crippen molar-refractivity contribution in [2.45, 2.75) is 13.3 Å². The second-order valence-electron chi connectivity index (χ2n) is 2.03. The zero-order valence-electron chi connectivity index (χ0n) is 5.36. The molecule has 1 rings (SSSR count). The lowest BCUT2D eigenvalue weighted by Crippen LogP contribution is -1.76. The normalized spacial score (nSPS) is 10.0. The van der Waals surface area contributed by atoms with E-state index in [2.05, 4.69) is 34.3 Å². The Balaban J connectivity index is 2.61. The van der Waals surface area contributed by atoms with E-state index in [4.69, 9.17) is 0 Å². The molecule has 0 nitrogen and oxygen atoms in total. The molecule has 0 saturated heterocycles. The van der Waals surface area contributed by atoms with Crippen LogP contribution in [0.3, 0.4) is 0 Å². The molecule has 0 aliphatic rings. The monoisotopic (exact) mass is 204 g/mol. The largest absolute Gasteiger partial charge is 0.149 e. The van der Waals surface area contributed by atoms with Gasteiger partial charge in [0.2, 0.25) is 0 Å². The van der Waals surface area contributed by atoms with Crippen LogP contribution < -0.4 is 0 Å². The topological polar surface area (TPSA) is 0 Å². The molecular weight excluding hydrogens is 196 g/mol. The van der Waals surface area contributed by atoms with Crippen LogP contribution in [0, 0.1) is 6.92 Å². The summed E-state index contributed by atoms with van der Waals surface area (Å²) < 4.78 is 0. The molecule has 0 N–H and O–H groups in total. The van der Waals surface area contributed by atoms with Gasteiger partial charge in [-0.05, 0) is 30.4 Å². The number of aryl methyl sites for hydroxylation is 2. The Morgan fingerprint density at radius 2 is 2.44 bits per heavy atom. The maximum Gasteiger partial charge on any atom is 0.00796 e. The van der Waals surface area contributed by atoms with E-state index in [9.17, 15) is 0 Å². The van der Waals surface area contributed by atoms with Gasteiger partial charge in [-0.3, -0.25) is 0 Å². The van der Waals surface area contributed by atoms with E-state index in [0.717, 1.165) is 5.33 Å². The summed E-state index contributed by atoms with van der Waals surface area (Å²) in [6, 6.07) is 2.24. The van der Waals surface area contributed by atoms with Crippen LogP contribution in [-0.2, 0) is 6.42 Å². The lowest BCUT2D eigenvalue weighted by molar-refractivity contribution is 1.21. The average molecular weight is 205 g/mol. The minimum absolute atomic E-state index is 1.08. The molecule has 0 spiro atoms. The molecule has 0 aromatic carbocycles. The first-order chi connectivity index (χ1) is 4.33. The number of halogens is 1. The fourth-order valence-electron chi connectivity index (χ4n) is 0.715. The third-order valence-corrected chi connectivity index (χ3v) is 2.64. The Morgan fingerprint density at radius 3 is 2.89 bits per heavy atom. The van der Waals surface area contributed by atoms with Crippen LogP contribution in [0.2, 0.25) is 0 Å². The van der Waals surface area contributed by atoms with Crippen molar-refractivity contribution in [3.8, 4) is 0 Å². The SMILES string of the molecule is Cc1csc(CCBr)c1. The summed E-state index contributed by atoms with van der Waals surface area (Å²) >= 11 is 5.25. The van der Waals surface area contributed by atoms with Crippen molar-refractivity contribution in [3.63, 3.8) is 0 Å². The fourth-order valence-corrected chi connectivity index (χ4v) is 2.28. The van der Waals surface area contributed by atoms with Crippen LogP contribution >= 0.6 is 27.3 Å². The summed E-state index contributed by atoms with van der Waals surface area (Å²) in [5.74, 6) is 0. The molecule has 0 aliphatic heterocycles. The predicted molar refractivity (Wildman–Crippen MR) is 46.6 cm³/mol. The Kier molecular flexibility index (Phi) is 2.73. The Bertz CT molecular complexity index is 181. The van der Waals surface area contributed by atoms with Crippen molar-refractivity contribution in [3.05, 3.63) is 21.9 Å². The van der Waals surface area contributed by atoms with Crippen LogP contribution in [0.25, 0.3) is 0 Å². The first kappa shape index (κ1) is 7.29. The van der Waals surface area contributed by atoms with Crippen molar-refractivity contribution < 1.29 is 0 Å². The van der Waals surface area contributed by atoms with Crippen molar-refractivity contribution >= 4 is 27.3 Å². The summed E-state index contributed by atoms with van der Waals surface area (Å²) in [6.45, 7) is 2.13. The molecule has 0 aliphatic carbocycles. The first-order valence-electron chi connectivity index (χ1n) is 2.93. The van der Waals surface area contributed by atoms with E-state index in [-0.39, 0.29) is 0 Å². The molecule has 50 valence electrons. The number of alkyl halides is 1. The molecule has 0 atom stereocenters. The number of thiophene rings is 1. The van der Waals surface area contributed by atoms with Crippen LogP contribution in [-0.4, -0.2) is 5.33 Å². The highest BCUT2D eigenvalue weighted by Gasteiger charge is 1.92. The molecule has 2 heteroatoms. The second kappa shape index (κ2) is 3.37. The summed E-state index contributed by atoms with van der Waals surface area (Å²) in [5, 5.41) is 3.27. The van der Waals surface area contributed by atoms with Gasteiger partial charge in [0.1, 0.15) is 0 Å². The van der Waals surface area contributed by atoms with Gasteiger partial charge in [-0.15, -0.1) is 11.3 Å². The maximum atomic E-state index is 3.40. The summed E-state index contributed by atoms with van der Waals surface area (Å²) in [4.78, 5) is 1.48. The molecule has 0 radical (unpaired) electrons. The average Bonchev–Trinajstić information content (AvgIpc) is 2.17. The lowest BCUT2D eigenvalue weighted by atomic mass is 10.3. The van der Waals surface area contributed by atoms with Crippen LogP contribution in [0.1, 0.15) is 10.4 Å². The van der Waals surface area contributed by atoms with Gasteiger partial charge in [-0.2, -0.15) is 0 Å². The zero-order chi connectivity index (χ0) is 6.69. The van der Waals surface area contributed by atoms with E-state index in [1.165, 1.54) is 16.9 Å². The van der Waals surface area contributed by atoms with Gasteiger partial charge in [0, 0.05) is 10.2 Å². The molecule has 0 bridgehead atoms. The quantitative estimate of drug-likeness (QED) is 0.651. The fraction of sp³-hybridized carbons (Fsp3) is 0.429. The summed E-state index contributed by atoms with van der Waals surface area (Å²) in [6.07, 6.45) is 1.17. The van der Waals surface area contributed by atoms with Crippen molar-refractivity contribution in [1.82, 2.24) is 0 Å². The van der Waals surface area contributed by atoms with Crippen LogP contribution in [0.15, 0.2) is 11.4 Å². The Hall–Kier alpha value is 0.180. The summed E-state index contributed by atoms with van der Waals surface area (Å²) in [7, 11) is 0. The first-order valence-corrected chi connectivity index (χ1v) is 4.93. The number of hydrogen-bond donors (Lipinski definition) is 0. The Labute approximate surface area is 68.0 Å². The highest BCUT2D eigenvalue weighted by Crippen LogP contribution is 2.14. The van der Waals surface area contributed by atoms with E-state index in [1.807, 2.05) is 11.3 Å². The predicted octanol–water partition coefficient (Wildman–Crippen LogP) is 2.99. The van der Waals surface area contributed by atoms with Gasteiger partial charge in [-0.25, -0.2) is 0 Å². The third-order valence-electron chi connectivity index (χ3n) is 1.13. The maximum absolute atomic E-state index is 3.40. The number of hydrogen-bond acceptors (Lipinski definition) is 1. The van der Waals surface area contributed by atoms with E-state index >= 15 is 0 Å². The van der Waals surface area contributed by atoms with E-state index in [0.29, 0.717) is 0 Å². The molecule has 0 saturated carbocycles. The molecule has 0 unspecified atom stereocenters. The molecule has 1 aromatic heterocycles. The van der Waals surface area contributed by atoms with Crippen LogP contribution in [0.4, 0.5) is 0 Å². The highest BCUT2D eigenvalue weighted by molar-refractivity contribution is 9.09. The van der Waals surface area contributed by atoms with E-state index < -0.39 is 0 Å². The Morgan fingerprint density at radius 1 is 1.67 bits per heavy atom. The van der Waals surface area contributed by atoms with Gasteiger partial charge in [0.15, 0.2) is 0 Å². The minimum atomic E-state index is 1.08. The molecule has 9 heavy (non-hydrogen) atoms. The van der Waals surface area contributed by atoms with Crippen molar-refractivity contribution in [2.24, 2.45) is 0 Å². The molecule has 0 fully saturated rings. The van der Waals surface area contributed by atoms with Gasteiger partial charge in [0.05, 0.1) is 0 Å². The molecule has 0 amide bonds. The highest BCUT2D eigenvalue weighted by atomic mass is 79.9. The minimum Gasteiger partial charge on any atom is -0.149 e. The third kappa shape index (κ3) is 2.11. The lowest BCUT2D eigenvalue weighted by Gasteiger charge is -1.85. The van der Waals surface area contributed by atoms with Gasteiger partial charge in [0.25, 0.3) is 0 Å². The zero-order valence-corrected chi connectivity index (χ0v) is 7.76. The molecule has 1 heterocycles. The van der Waals surface area contributed by atoms with Gasteiger partial charge >= 0.3 is 0 Å². The molecular formula is C7H9BrS. The second-order valence-corrected chi connectivity index (χ2v) is 3.82. The van der Waals surface area contributed by atoms with Gasteiger partial charge < -0.3 is 0 Å². The summed E-state index contributed by atoms with van der Waals surface area (Å²) in [5.41, 5.74) is 1.39. The smallest absolute Gasteiger partial charge is 0.00796 e. The van der Waals surface area contributed by atoms with Crippen molar-refractivity contribution in [2.75, 3.05) is 5.33 Å². The van der Waals surface area contributed by atoms with Crippen LogP contribution in [0.5, 0.6) is 0 Å². The van der Waals surface area contributed by atoms with Crippen molar-refractivity contribution in [1.29, 1.82) is 0 Å². The van der Waals surface area contributed by atoms with E-state index in [1.54, 1.807) is 0 Å². The number of rotatable bonds is 2.